The van der Waals surface area contributed by atoms with Gasteiger partial charge in [-0.05, 0) is 32.0 Å². The van der Waals surface area contributed by atoms with Crippen molar-refractivity contribution >= 4 is 5.91 Å². The molecular weight excluding hydrogens is 210 g/mol. The number of amides is 1. The minimum Gasteiger partial charge on any atom is -0.504 e. The fourth-order valence-corrected chi connectivity index (χ4v) is 1.08. The minimum absolute atomic E-state index is 0.192. The molecule has 0 aliphatic carbocycles. The van der Waals surface area contributed by atoms with Gasteiger partial charge in [0.05, 0.1) is 12.1 Å². The molecule has 0 aliphatic heterocycles. The number of hydrogen-bond acceptors (Lipinski definition) is 4. The molecule has 1 aromatic rings. The van der Waals surface area contributed by atoms with Gasteiger partial charge in [0.1, 0.15) is 0 Å². The number of carbonyl (C=O) groups is 1. The standard InChI is InChI=1S/C11H15NO4/c1-11(2,6-13)12-10(16)7-3-4-8(14)9(15)5-7/h3-5,13-15H,6H2,1-2H3,(H,12,16). The Balaban J connectivity index is 2.85. The molecule has 16 heavy (non-hydrogen) atoms. The molecule has 0 atom stereocenters. The van der Waals surface area contributed by atoms with Gasteiger partial charge in [0.25, 0.3) is 5.91 Å². The summed E-state index contributed by atoms with van der Waals surface area (Å²) in [6.07, 6.45) is 0. The largest absolute Gasteiger partial charge is 0.504 e. The number of phenolic OH excluding ortho intramolecular Hbond substituents is 2. The Morgan fingerprint density at radius 1 is 1.31 bits per heavy atom. The van der Waals surface area contributed by atoms with Crippen LogP contribution in [-0.2, 0) is 0 Å². The molecule has 0 saturated carbocycles. The summed E-state index contributed by atoms with van der Waals surface area (Å²) < 4.78 is 0. The van der Waals surface area contributed by atoms with E-state index in [1.807, 2.05) is 0 Å². The second-order valence-electron chi connectivity index (χ2n) is 4.20. The summed E-state index contributed by atoms with van der Waals surface area (Å²) in [5.41, 5.74) is -0.512. The highest BCUT2D eigenvalue weighted by Gasteiger charge is 2.20. The van der Waals surface area contributed by atoms with Crippen LogP contribution in [0.5, 0.6) is 11.5 Å². The van der Waals surface area contributed by atoms with Gasteiger partial charge in [-0.3, -0.25) is 4.79 Å². The van der Waals surface area contributed by atoms with E-state index in [2.05, 4.69) is 5.32 Å². The van der Waals surface area contributed by atoms with E-state index in [9.17, 15) is 9.90 Å². The number of phenols is 2. The molecule has 4 N–H and O–H groups in total. The predicted molar refractivity (Wildman–Crippen MR) is 58.4 cm³/mol. The maximum Gasteiger partial charge on any atom is 0.251 e. The first kappa shape index (κ1) is 12.3. The molecule has 0 unspecified atom stereocenters. The molecule has 88 valence electrons. The molecule has 5 nitrogen and oxygen atoms in total. The first-order chi connectivity index (χ1) is 7.35. The van der Waals surface area contributed by atoms with E-state index in [1.54, 1.807) is 13.8 Å². The lowest BCUT2D eigenvalue weighted by Crippen LogP contribution is -2.46. The van der Waals surface area contributed by atoms with Crippen molar-refractivity contribution in [3.05, 3.63) is 23.8 Å². The Bertz CT molecular complexity index is 401. The number of aliphatic hydroxyl groups excluding tert-OH is 1. The Kier molecular flexibility index (Phi) is 3.39. The van der Waals surface area contributed by atoms with Gasteiger partial charge in [-0.2, -0.15) is 0 Å². The summed E-state index contributed by atoms with van der Waals surface area (Å²) in [6, 6.07) is 3.78. The van der Waals surface area contributed by atoms with Gasteiger partial charge >= 0.3 is 0 Å². The first-order valence-corrected chi connectivity index (χ1v) is 4.81. The fourth-order valence-electron chi connectivity index (χ4n) is 1.08. The van der Waals surface area contributed by atoms with Crippen LogP contribution in [0.1, 0.15) is 24.2 Å². The summed E-state index contributed by atoms with van der Waals surface area (Å²) in [5, 5.41) is 29.9. The molecule has 0 heterocycles. The lowest BCUT2D eigenvalue weighted by atomic mass is 10.1. The van der Waals surface area contributed by atoms with Gasteiger partial charge < -0.3 is 20.6 Å². The van der Waals surface area contributed by atoms with Crippen LogP contribution in [0.3, 0.4) is 0 Å². The van der Waals surface area contributed by atoms with Crippen LogP contribution in [0.4, 0.5) is 0 Å². The number of aromatic hydroxyl groups is 2. The normalized spacial score (nSPS) is 11.2. The number of hydrogen-bond donors (Lipinski definition) is 4. The average molecular weight is 225 g/mol. The Morgan fingerprint density at radius 2 is 1.94 bits per heavy atom. The highest BCUT2D eigenvalue weighted by molar-refractivity contribution is 5.95. The zero-order valence-electron chi connectivity index (χ0n) is 9.19. The summed E-state index contributed by atoms with van der Waals surface area (Å²) in [4.78, 5) is 11.7. The highest BCUT2D eigenvalue weighted by Crippen LogP contribution is 2.24. The van der Waals surface area contributed by atoms with Crippen molar-refractivity contribution in [1.29, 1.82) is 0 Å². The van der Waals surface area contributed by atoms with Gasteiger partial charge in [-0.1, -0.05) is 0 Å². The molecule has 0 aromatic heterocycles. The number of aliphatic hydroxyl groups is 1. The Morgan fingerprint density at radius 3 is 2.44 bits per heavy atom. The van der Waals surface area contributed by atoms with Crippen molar-refractivity contribution in [1.82, 2.24) is 5.32 Å². The number of benzene rings is 1. The van der Waals surface area contributed by atoms with Crippen molar-refractivity contribution in [2.45, 2.75) is 19.4 Å². The van der Waals surface area contributed by atoms with Crippen LogP contribution < -0.4 is 5.32 Å². The molecule has 1 amide bonds. The van der Waals surface area contributed by atoms with Crippen molar-refractivity contribution in [2.75, 3.05) is 6.61 Å². The van der Waals surface area contributed by atoms with E-state index in [1.165, 1.54) is 12.1 Å². The van der Waals surface area contributed by atoms with Crippen LogP contribution >= 0.6 is 0 Å². The van der Waals surface area contributed by atoms with Gasteiger partial charge in [0.2, 0.25) is 0 Å². The van der Waals surface area contributed by atoms with Crippen molar-refractivity contribution in [3.8, 4) is 11.5 Å². The topological polar surface area (TPSA) is 89.8 Å². The molecular formula is C11H15NO4. The van der Waals surface area contributed by atoms with Crippen LogP contribution in [0.25, 0.3) is 0 Å². The van der Waals surface area contributed by atoms with Crippen molar-refractivity contribution in [2.24, 2.45) is 0 Å². The molecule has 0 bridgehead atoms. The number of nitrogens with one attached hydrogen (secondary N) is 1. The molecule has 5 heteroatoms. The smallest absolute Gasteiger partial charge is 0.251 e. The van der Waals surface area contributed by atoms with Gasteiger partial charge in [0.15, 0.2) is 11.5 Å². The van der Waals surface area contributed by atoms with E-state index in [0.717, 1.165) is 6.07 Å². The number of rotatable bonds is 3. The molecule has 0 fully saturated rings. The van der Waals surface area contributed by atoms with Crippen LogP contribution in [0.2, 0.25) is 0 Å². The Hall–Kier alpha value is -1.75. The maximum atomic E-state index is 11.7. The van der Waals surface area contributed by atoms with E-state index in [0.29, 0.717) is 0 Å². The van der Waals surface area contributed by atoms with Crippen LogP contribution in [0, 0.1) is 0 Å². The number of carbonyl (C=O) groups excluding carboxylic acids is 1. The second-order valence-corrected chi connectivity index (χ2v) is 4.20. The SMILES string of the molecule is CC(C)(CO)NC(=O)c1ccc(O)c(O)c1. The van der Waals surface area contributed by atoms with E-state index >= 15 is 0 Å². The van der Waals surface area contributed by atoms with Gasteiger partial charge in [0, 0.05) is 5.56 Å². The molecule has 1 rings (SSSR count). The van der Waals surface area contributed by atoms with E-state index in [4.69, 9.17) is 10.2 Å². The second kappa shape index (κ2) is 4.40. The molecule has 0 radical (unpaired) electrons. The third kappa shape index (κ3) is 2.87. The molecule has 0 spiro atoms. The van der Waals surface area contributed by atoms with Crippen molar-refractivity contribution in [3.63, 3.8) is 0 Å². The minimum atomic E-state index is -0.732. The quantitative estimate of drug-likeness (QED) is 0.567. The van der Waals surface area contributed by atoms with E-state index < -0.39 is 11.4 Å². The van der Waals surface area contributed by atoms with Gasteiger partial charge in [-0.15, -0.1) is 0 Å². The summed E-state index contributed by atoms with van der Waals surface area (Å²) >= 11 is 0. The van der Waals surface area contributed by atoms with Crippen LogP contribution in [0.15, 0.2) is 18.2 Å². The lowest BCUT2D eigenvalue weighted by molar-refractivity contribution is 0.0869. The summed E-state index contributed by atoms with van der Waals surface area (Å²) in [5.74, 6) is -1.05. The third-order valence-corrected chi connectivity index (χ3v) is 2.08. The summed E-state index contributed by atoms with van der Waals surface area (Å²) in [6.45, 7) is 3.15. The maximum absolute atomic E-state index is 11.7. The van der Waals surface area contributed by atoms with Gasteiger partial charge in [-0.25, -0.2) is 0 Å². The molecule has 0 aliphatic rings. The lowest BCUT2D eigenvalue weighted by Gasteiger charge is -2.23. The zero-order valence-corrected chi connectivity index (χ0v) is 9.19. The molecule has 0 saturated heterocycles. The Labute approximate surface area is 93.4 Å². The average Bonchev–Trinajstić information content (AvgIpc) is 2.21. The monoisotopic (exact) mass is 225 g/mol. The fraction of sp³-hybridized carbons (Fsp3) is 0.364. The first-order valence-electron chi connectivity index (χ1n) is 4.81. The highest BCUT2D eigenvalue weighted by atomic mass is 16.3. The summed E-state index contributed by atoms with van der Waals surface area (Å²) in [7, 11) is 0. The molecule has 1 aromatic carbocycles. The third-order valence-electron chi connectivity index (χ3n) is 2.08. The van der Waals surface area contributed by atoms with Crippen molar-refractivity contribution < 1.29 is 20.1 Å². The predicted octanol–water partition coefficient (Wildman–Crippen LogP) is 0.599. The van der Waals surface area contributed by atoms with Crippen LogP contribution in [-0.4, -0.2) is 33.4 Å². The zero-order chi connectivity index (χ0) is 12.3. The van der Waals surface area contributed by atoms with E-state index in [-0.39, 0.29) is 23.7 Å².